The van der Waals surface area contributed by atoms with Crippen molar-refractivity contribution >= 4 is 28.8 Å². The van der Waals surface area contributed by atoms with Crippen LogP contribution in [0.25, 0.3) is 10.9 Å². The smallest absolute Gasteiger partial charge is 0.253 e. The van der Waals surface area contributed by atoms with Crippen LogP contribution >= 0.6 is 0 Å². The van der Waals surface area contributed by atoms with Crippen LogP contribution in [0.4, 0.5) is 5.82 Å². The van der Waals surface area contributed by atoms with Gasteiger partial charge in [-0.05, 0) is 38.0 Å². The number of ether oxygens (including phenoxy) is 1. The van der Waals surface area contributed by atoms with Crippen molar-refractivity contribution in [2.45, 2.75) is 25.8 Å². The Kier molecular flexibility index (Phi) is 4.56. The highest BCUT2D eigenvalue weighted by atomic mass is 16.6. The van der Waals surface area contributed by atoms with Gasteiger partial charge in [-0.3, -0.25) is 4.79 Å². The number of nitrogen functional groups attached to an aromatic ring is 1. The number of fused-ring (bicyclic) bond motifs is 1. The van der Waals surface area contributed by atoms with E-state index >= 15 is 0 Å². The van der Waals surface area contributed by atoms with Crippen LogP contribution in [0.2, 0.25) is 0 Å². The average molecular weight is 380 g/mol. The molecule has 0 radical (unpaired) electrons. The first-order valence-corrected chi connectivity index (χ1v) is 8.85. The van der Waals surface area contributed by atoms with Crippen LogP contribution in [0.5, 0.6) is 11.6 Å². The van der Waals surface area contributed by atoms with E-state index in [0.29, 0.717) is 16.9 Å². The fourth-order valence-electron chi connectivity index (χ4n) is 2.96. The Labute approximate surface area is 160 Å². The van der Waals surface area contributed by atoms with Crippen molar-refractivity contribution in [3.05, 3.63) is 41.3 Å². The van der Waals surface area contributed by atoms with E-state index in [0.717, 1.165) is 29.4 Å². The van der Waals surface area contributed by atoms with Crippen LogP contribution in [0.1, 0.15) is 34.5 Å². The number of anilines is 1. The minimum atomic E-state index is -0.0809. The molecule has 0 spiro atoms. The summed E-state index contributed by atoms with van der Waals surface area (Å²) >= 11 is 0. The first-order valence-electron chi connectivity index (χ1n) is 8.85. The number of nitrogens with two attached hydrogens (primary N) is 1. The van der Waals surface area contributed by atoms with Gasteiger partial charge in [0.1, 0.15) is 30.6 Å². The molecule has 1 fully saturated rings. The second-order valence-corrected chi connectivity index (χ2v) is 6.58. The van der Waals surface area contributed by atoms with E-state index < -0.39 is 0 Å². The molecule has 1 aromatic carbocycles. The first kappa shape index (κ1) is 17.8. The number of nitrogens with zero attached hydrogens (tertiary/aromatic N) is 3. The molecule has 4 rings (SSSR count). The number of H-pyrrole nitrogens is 1. The van der Waals surface area contributed by atoms with E-state index in [4.69, 9.17) is 15.3 Å². The highest BCUT2D eigenvalue weighted by Gasteiger charge is 2.26. The monoisotopic (exact) mass is 380 g/mol. The van der Waals surface area contributed by atoms with Gasteiger partial charge in [-0.15, -0.1) is 0 Å². The second kappa shape index (κ2) is 7.18. The first-order chi connectivity index (χ1) is 13.6. The summed E-state index contributed by atoms with van der Waals surface area (Å²) in [5.74, 6) is 0.887. The number of carbonyl (C=O) groups is 1. The Morgan fingerprint density at radius 2 is 2.21 bits per heavy atom. The number of aryl methyl sites for hydroxylation is 1. The highest BCUT2D eigenvalue weighted by Crippen LogP contribution is 2.31. The molecule has 144 valence electrons. The lowest BCUT2D eigenvalue weighted by atomic mass is 10.1. The van der Waals surface area contributed by atoms with Crippen LogP contribution in [0, 0.1) is 6.92 Å². The number of aromatic nitrogens is 3. The lowest BCUT2D eigenvalue weighted by Gasteiger charge is -2.09. The predicted molar refractivity (Wildman–Crippen MR) is 105 cm³/mol. The third-order valence-corrected chi connectivity index (χ3v) is 4.48. The van der Waals surface area contributed by atoms with Crippen molar-refractivity contribution in [1.82, 2.24) is 20.3 Å². The molecule has 0 unspecified atom stereocenters. The number of oxime groups is 1. The molecule has 0 aliphatic heterocycles. The molecular weight excluding hydrogens is 360 g/mol. The zero-order valence-electron chi connectivity index (χ0n) is 15.5. The van der Waals surface area contributed by atoms with Crippen molar-refractivity contribution in [2.24, 2.45) is 5.16 Å². The predicted octanol–water partition coefficient (Wildman–Crippen LogP) is 2.51. The molecule has 1 amide bonds. The van der Waals surface area contributed by atoms with Gasteiger partial charge < -0.3 is 25.6 Å². The van der Waals surface area contributed by atoms with E-state index in [2.05, 4.69) is 25.4 Å². The number of nitrogens with one attached hydrogen (secondary N) is 2. The summed E-state index contributed by atoms with van der Waals surface area (Å²) in [6.45, 7) is 1.88. The number of hydrogen-bond acceptors (Lipinski definition) is 7. The second-order valence-electron chi connectivity index (χ2n) is 6.58. The molecule has 28 heavy (non-hydrogen) atoms. The molecule has 0 atom stereocenters. The van der Waals surface area contributed by atoms with Gasteiger partial charge in [-0.2, -0.15) is 0 Å². The van der Waals surface area contributed by atoms with Crippen molar-refractivity contribution in [1.29, 1.82) is 0 Å². The number of benzene rings is 1. The van der Waals surface area contributed by atoms with Crippen molar-refractivity contribution < 1.29 is 14.4 Å². The average Bonchev–Trinajstić information content (AvgIpc) is 3.41. The summed E-state index contributed by atoms with van der Waals surface area (Å²) < 4.78 is 5.91. The molecule has 1 saturated carbocycles. The fraction of sp³-hybridized carbons (Fsp3) is 0.263. The SMILES string of the molecule is CON=Cc1c(N)ncnc1Oc1ccc2[nH]c(C)c(C(=O)NC3CC3)c2c1. The molecule has 4 N–H and O–H groups in total. The normalized spacial score (nSPS) is 13.8. The summed E-state index contributed by atoms with van der Waals surface area (Å²) in [7, 11) is 1.42. The molecule has 2 heterocycles. The Balaban J connectivity index is 1.70. The Bertz CT molecular complexity index is 1070. The summed E-state index contributed by atoms with van der Waals surface area (Å²) in [4.78, 5) is 28.6. The highest BCUT2D eigenvalue weighted by molar-refractivity contribution is 6.08. The van der Waals surface area contributed by atoms with Gasteiger partial charge in [0.25, 0.3) is 5.91 Å². The molecule has 0 saturated heterocycles. The van der Waals surface area contributed by atoms with Crippen LogP contribution in [-0.2, 0) is 4.84 Å². The molecule has 9 heteroatoms. The van der Waals surface area contributed by atoms with Crippen molar-refractivity contribution in [3.63, 3.8) is 0 Å². The Hall–Kier alpha value is -3.62. The van der Waals surface area contributed by atoms with Gasteiger partial charge in [0.05, 0.1) is 11.8 Å². The van der Waals surface area contributed by atoms with Gasteiger partial charge in [0, 0.05) is 22.6 Å². The third-order valence-electron chi connectivity index (χ3n) is 4.48. The molecule has 3 aromatic rings. The maximum atomic E-state index is 12.6. The Morgan fingerprint density at radius 1 is 1.39 bits per heavy atom. The lowest BCUT2D eigenvalue weighted by Crippen LogP contribution is -2.25. The van der Waals surface area contributed by atoms with Crippen LogP contribution in [0.15, 0.2) is 29.7 Å². The van der Waals surface area contributed by atoms with E-state index in [-0.39, 0.29) is 23.6 Å². The minimum Gasteiger partial charge on any atom is -0.438 e. The maximum absolute atomic E-state index is 12.6. The number of rotatable bonds is 6. The minimum absolute atomic E-state index is 0.0809. The number of carbonyl (C=O) groups excluding carboxylic acids is 1. The van der Waals surface area contributed by atoms with E-state index in [1.807, 2.05) is 13.0 Å². The van der Waals surface area contributed by atoms with Crippen molar-refractivity contribution in [3.8, 4) is 11.6 Å². The molecule has 1 aliphatic carbocycles. The lowest BCUT2D eigenvalue weighted by molar-refractivity contribution is 0.0952. The van der Waals surface area contributed by atoms with E-state index in [9.17, 15) is 4.79 Å². The summed E-state index contributed by atoms with van der Waals surface area (Å²) in [5.41, 5.74) is 8.58. The number of aromatic amines is 1. The summed E-state index contributed by atoms with van der Waals surface area (Å²) in [6, 6.07) is 5.73. The van der Waals surface area contributed by atoms with Gasteiger partial charge in [0.15, 0.2) is 0 Å². The quantitative estimate of drug-likeness (QED) is 0.445. The standard InChI is InChI=1S/C19H20N6O3/c1-10-16(18(26)25-11-3-4-11)13-7-12(5-6-15(13)24-10)28-19-14(8-23-27-2)17(20)21-9-22-19/h5-9,11,24H,3-4H2,1-2H3,(H,25,26)(H2,20,21,22). The van der Waals surface area contributed by atoms with Crippen LogP contribution < -0.4 is 15.8 Å². The number of amides is 1. The fourth-order valence-corrected chi connectivity index (χ4v) is 2.96. The zero-order chi connectivity index (χ0) is 19.7. The van der Waals surface area contributed by atoms with Gasteiger partial charge in [0.2, 0.25) is 5.88 Å². The molecule has 9 nitrogen and oxygen atoms in total. The zero-order valence-corrected chi connectivity index (χ0v) is 15.5. The molecule has 0 bridgehead atoms. The molecule has 1 aliphatic rings. The topological polar surface area (TPSA) is 128 Å². The van der Waals surface area contributed by atoms with E-state index in [1.165, 1.54) is 19.7 Å². The largest absolute Gasteiger partial charge is 0.438 e. The van der Waals surface area contributed by atoms with Crippen LogP contribution in [0.3, 0.4) is 0 Å². The van der Waals surface area contributed by atoms with Gasteiger partial charge in [-0.25, -0.2) is 9.97 Å². The van der Waals surface area contributed by atoms with Gasteiger partial charge in [-0.1, -0.05) is 5.16 Å². The number of hydrogen-bond donors (Lipinski definition) is 3. The summed E-state index contributed by atoms with van der Waals surface area (Å²) in [6.07, 6.45) is 4.76. The molecule has 2 aromatic heterocycles. The molecular formula is C19H20N6O3. The van der Waals surface area contributed by atoms with Gasteiger partial charge >= 0.3 is 0 Å². The van der Waals surface area contributed by atoms with Crippen molar-refractivity contribution in [2.75, 3.05) is 12.8 Å². The van der Waals surface area contributed by atoms with E-state index in [1.54, 1.807) is 12.1 Å². The Morgan fingerprint density at radius 3 is 2.96 bits per heavy atom. The van der Waals surface area contributed by atoms with Crippen LogP contribution in [-0.4, -0.2) is 40.2 Å². The summed E-state index contributed by atoms with van der Waals surface area (Å²) in [5, 5.41) is 7.52. The third kappa shape index (κ3) is 3.46. The maximum Gasteiger partial charge on any atom is 0.253 e.